The van der Waals surface area contributed by atoms with E-state index in [-0.39, 0.29) is 0 Å². The molecule has 0 unspecified atom stereocenters. The van der Waals surface area contributed by atoms with Gasteiger partial charge in [-0.25, -0.2) is 0 Å². The lowest BCUT2D eigenvalue weighted by Crippen LogP contribution is -2.43. The van der Waals surface area contributed by atoms with Crippen molar-refractivity contribution in [3.63, 3.8) is 0 Å². The minimum atomic E-state index is 0.968. The molecule has 26 heavy (non-hydrogen) atoms. The van der Waals surface area contributed by atoms with E-state index in [1.54, 1.807) is 0 Å². The summed E-state index contributed by atoms with van der Waals surface area (Å²) < 4.78 is 1.08. The second kappa shape index (κ2) is 8.02. The standard InChI is InChI=1S/C22H22BrN3/c23-21-9-3-5-18(15-21)16-24-26-13-11-25(12-14-26)17-20-8-4-7-19-6-1-2-10-22(19)20/h1-10,15-16H,11-14,17H2/b24-16-. The molecule has 132 valence electrons. The first kappa shape index (κ1) is 17.3. The summed E-state index contributed by atoms with van der Waals surface area (Å²) in [6, 6.07) is 23.5. The topological polar surface area (TPSA) is 18.8 Å². The Kier molecular flexibility index (Phi) is 5.32. The smallest absolute Gasteiger partial charge is 0.0543 e. The van der Waals surface area contributed by atoms with Crippen LogP contribution in [0.3, 0.4) is 0 Å². The number of piperazine rings is 1. The molecule has 0 aliphatic carbocycles. The minimum Gasteiger partial charge on any atom is -0.295 e. The lowest BCUT2D eigenvalue weighted by atomic mass is 10.0. The predicted molar refractivity (Wildman–Crippen MR) is 113 cm³/mol. The number of hydrogen-bond acceptors (Lipinski definition) is 3. The van der Waals surface area contributed by atoms with Crippen LogP contribution in [0.25, 0.3) is 10.8 Å². The normalized spacial score (nSPS) is 15.8. The molecule has 1 aliphatic rings. The molecule has 1 saturated heterocycles. The van der Waals surface area contributed by atoms with Gasteiger partial charge in [-0.05, 0) is 34.0 Å². The van der Waals surface area contributed by atoms with Gasteiger partial charge in [0.2, 0.25) is 0 Å². The summed E-state index contributed by atoms with van der Waals surface area (Å²) in [6.45, 7) is 5.02. The molecule has 3 nitrogen and oxygen atoms in total. The average molecular weight is 408 g/mol. The van der Waals surface area contributed by atoms with Crippen molar-refractivity contribution in [2.75, 3.05) is 26.2 Å². The van der Waals surface area contributed by atoms with Crippen LogP contribution in [-0.4, -0.2) is 42.3 Å². The fourth-order valence-corrected chi connectivity index (χ4v) is 3.83. The van der Waals surface area contributed by atoms with Gasteiger partial charge in [-0.15, -0.1) is 0 Å². The van der Waals surface area contributed by atoms with Gasteiger partial charge in [0.05, 0.1) is 6.21 Å². The van der Waals surface area contributed by atoms with Gasteiger partial charge in [0.15, 0.2) is 0 Å². The van der Waals surface area contributed by atoms with E-state index in [0.29, 0.717) is 0 Å². The zero-order valence-electron chi connectivity index (χ0n) is 14.7. The van der Waals surface area contributed by atoms with E-state index < -0.39 is 0 Å². The van der Waals surface area contributed by atoms with Crippen LogP contribution in [-0.2, 0) is 6.54 Å². The Morgan fingerprint density at radius 2 is 1.65 bits per heavy atom. The first-order valence-corrected chi connectivity index (χ1v) is 9.81. The van der Waals surface area contributed by atoms with Gasteiger partial charge in [-0.3, -0.25) is 9.91 Å². The van der Waals surface area contributed by atoms with Crippen molar-refractivity contribution in [3.05, 3.63) is 82.3 Å². The number of fused-ring (bicyclic) bond motifs is 1. The summed E-state index contributed by atoms with van der Waals surface area (Å²) in [5.74, 6) is 0. The van der Waals surface area contributed by atoms with Gasteiger partial charge in [-0.1, -0.05) is 70.5 Å². The Balaban J connectivity index is 1.36. The molecule has 1 aliphatic heterocycles. The molecule has 0 aromatic heterocycles. The van der Waals surface area contributed by atoms with Gasteiger partial charge >= 0.3 is 0 Å². The van der Waals surface area contributed by atoms with Crippen molar-refractivity contribution >= 4 is 32.9 Å². The number of rotatable bonds is 4. The molecule has 0 bridgehead atoms. The molecular formula is C22H22BrN3. The third-order valence-corrected chi connectivity index (χ3v) is 5.33. The van der Waals surface area contributed by atoms with Crippen molar-refractivity contribution in [2.45, 2.75) is 6.54 Å². The zero-order chi connectivity index (χ0) is 17.8. The van der Waals surface area contributed by atoms with Crippen LogP contribution in [0.1, 0.15) is 11.1 Å². The summed E-state index contributed by atoms with van der Waals surface area (Å²) in [5, 5.41) is 9.50. The average Bonchev–Trinajstić information content (AvgIpc) is 2.68. The van der Waals surface area contributed by atoms with Crippen molar-refractivity contribution < 1.29 is 0 Å². The number of hydrogen-bond donors (Lipinski definition) is 0. The van der Waals surface area contributed by atoms with Crippen molar-refractivity contribution in [1.29, 1.82) is 0 Å². The number of nitrogens with zero attached hydrogens (tertiary/aromatic N) is 3. The predicted octanol–water partition coefficient (Wildman–Crippen LogP) is 4.75. The van der Waals surface area contributed by atoms with Crippen LogP contribution in [0.4, 0.5) is 0 Å². The van der Waals surface area contributed by atoms with Crippen LogP contribution < -0.4 is 0 Å². The Labute approximate surface area is 163 Å². The van der Waals surface area contributed by atoms with E-state index in [9.17, 15) is 0 Å². The summed E-state index contributed by atoms with van der Waals surface area (Å²) in [5.41, 5.74) is 2.53. The van der Waals surface area contributed by atoms with Crippen LogP contribution in [0.2, 0.25) is 0 Å². The van der Waals surface area contributed by atoms with E-state index in [1.165, 1.54) is 16.3 Å². The van der Waals surface area contributed by atoms with E-state index in [2.05, 4.69) is 85.5 Å². The second-order valence-electron chi connectivity index (χ2n) is 6.67. The van der Waals surface area contributed by atoms with E-state index in [4.69, 9.17) is 0 Å². The van der Waals surface area contributed by atoms with Crippen LogP contribution in [0, 0.1) is 0 Å². The molecule has 4 heteroatoms. The summed E-state index contributed by atoms with van der Waals surface area (Å²) in [6.07, 6.45) is 1.95. The molecule has 3 aromatic rings. The van der Waals surface area contributed by atoms with E-state index in [0.717, 1.165) is 42.8 Å². The SMILES string of the molecule is Brc1cccc(/C=N\N2CCN(Cc3cccc4ccccc34)CC2)c1. The highest BCUT2D eigenvalue weighted by Gasteiger charge is 2.16. The Hall–Kier alpha value is -2.17. The molecule has 1 fully saturated rings. The summed E-state index contributed by atoms with van der Waals surface area (Å²) in [4.78, 5) is 2.52. The quantitative estimate of drug-likeness (QED) is 0.580. The highest BCUT2D eigenvalue weighted by Crippen LogP contribution is 2.20. The van der Waals surface area contributed by atoms with Crippen molar-refractivity contribution in [2.24, 2.45) is 5.10 Å². The molecule has 0 N–H and O–H groups in total. The van der Waals surface area contributed by atoms with Gasteiger partial charge < -0.3 is 0 Å². The maximum Gasteiger partial charge on any atom is 0.0543 e. The molecule has 0 saturated carbocycles. The molecule has 0 atom stereocenters. The lowest BCUT2D eigenvalue weighted by Gasteiger charge is -2.33. The fourth-order valence-electron chi connectivity index (χ4n) is 3.42. The zero-order valence-corrected chi connectivity index (χ0v) is 16.3. The Morgan fingerprint density at radius 1 is 0.885 bits per heavy atom. The highest BCUT2D eigenvalue weighted by molar-refractivity contribution is 9.10. The third-order valence-electron chi connectivity index (χ3n) is 4.84. The summed E-state index contributed by atoms with van der Waals surface area (Å²) in [7, 11) is 0. The van der Waals surface area contributed by atoms with Gasteiger partial charge in [0.25, 0.3) is 0 Å². The number of halogens is 1. The largest absolute Gasteiger partial charge is 0.295 e. The molecular weight excluding hydrogens is 386 g/mol. The second-order valence-corrected chi connectivity index (χ2v) is 7.58. The van der Waals surface area contributed by atoms with Gasteiger partial charge in [-0.2, -0.15) is 5.10 Å². The van der Waals surface area contributed by atoms with E-state index >= 15 is 0 Å². The molecule has 0 radical (unpaired) electrons. The molecule has 0 spiro atoms. The lowest BCUT2D eigenvalue weighted by molar-refractivity contribution is 0.131. The maximum atomic E-state index is 4.65. The van der Waals surface area contributed by atoms with Crippen LogP contribution >= 0.6 is 15.9 Å². The van der Waals surface area contributed by atoms with Crippen molar-refractivity contribution in [1.82, 2.24) is 9.91 Å². The Bertz CT molecular complexity index is 909. The van der Waals surface area contributed by atoms with Gasteiger partial charge in [0, 0.05) is 37.2 Å². The first-order valence-electron chi connectivity index (χ1n) is 9.01. The minimum absolute atomic E-state index is 0.968. The Morgan fingerprint density at radius 3 is 2.50 bits per heavy atom. The van der Waals surface area contributed by atoms with Gasteiger partial charge in [0.1, 0.15) is 0 Å². The third kappa shape index (κ3) is 4.14. The molecule has 1 heterocycles. The number of benzene rings is 3. The van der Waals surface area contributed by atoms with Crippen LogP contribution in [0.5, 0.6) is 0 Å². The maximum absolute atomic E-state index is 4.65. The molecule has 0 amide bonds. The molecule has 3 aromatic carbocycles. The van der Waals surface area contributed by atoms with Crippen molar-refractivity contribution in [3.8, 4) is 0 Å². The van der Waals surface area contributed by atoms with E-state index in [1.807, 2.05) is 18.3 Å². The highest BCUT2D eigenvalue weighted by atomic mass is 79.9. The monoisotopic (exact) mass is 407 g/mol. The molecule has 4 rings (SSSR count). The number of hydrazone groups is 1. The first-order chi connectivity index (χ1) is 12.8. The van der Waals surface area contributed by atoms with Crippen LogP contribution in [0.15, 0.2) is 76.3 Å². The summed E-state index contributed by atoms with van der Waals surface area (Å²) >= 11 is 3.50. The fraction of sp³-hybridized carbons (Fsp3) is 0.227.